The third-order valence-electron chi connectivity index (χ3n) is 2.70. The number of pyridine rings is 1. The van der Waals surface area contributed by atoms with Crippen molar-refractivity contribution in [1.29, 1.82) is 0 Å². The molecule has 2 aromatic rings. The van der Waals surface area contributed by atoms with Crippen LogP contribution in [0.3, 0.4) is 0 Å². The molecule has 0 fully saturated rings. The van der Waals surface area contributed by atoms with E-state index >= 15 is 0 Å². The topological polar surface area (TPSA) is 68.0 Å². The molecule has 88 valence electrons. The Labute approximate surface area is 99.8 Å². The van der Waals surface area contributed by atoms with Crippen LogP contribution in [-0.2, 0) is 4.79 Å². The summed E-state index contributed by atoms with van der Waals surface area (Å²) < 4.78 is 0. The number of nitrogens with two attached hydrogens (primary N) is 1. The van der Waals surface area contributed by atoms with Crippen LogP contribution in [0.25, 0.3) is 10.9 Å². The van der Waals surface area contributed by atoms with Crippen molar-refractivity contribution in [2.24, 2.45) is 11.7 Å². The second-order valence-electron chi connectivity index (χ2n) is 4.00. The Morgan fingerprint density at radius 2 is 2.24 bits per heavy atom. The molecule has 0 saturated carbocycles. The molecular formula is C13H15N3O. The Hall–Kier alpha value is -1.94. The molecule has 0 radical (unpaired) electrons. The van der Waals surface area contributed by atoms with Crippen LogP contribution in [0.1, 0.15) is 6.92 Å². The molecule has 0 aliphatic heterocycles. The highest BCUT2D eigenvalue weighted by Crippen LogP contribution is 2.21. The largest absolute Gasteiger partial charge is 0.330 e. The maximum Gasteiger partial charge on any atom is 0.228 e. The molecule has 0 saturated heterocycles. The maximum absolute atomic E-state index is 11.8. The van der Waals surface area contributed by atoms with Gasteiger partial charge in [0.25, 0.3) is 0 Å². The number of fused-ring (bicyclic) bond motifs is 1. The van der Waals surface area contributed by atoms with E-state index in [1.54, 1.807) is 13.1 Å². The first kappa shape index (κ1) is 11.5. The van der Waals surface area contributed by atoms with Crippen molar-refractivity contribution < 1.29 is 4.79 Å². The molecule has 0 aliphatic carbocycles. The average molecular weight is 229 g/mol. The fraction of sp³-hybridized carbons (Fsp3) is 0.231. The monoisotopic (exact) mass is 229 g/mol. The van der Waals surface area contributed by atoms with Gasteiger partial charge in [-0.25, -0.2) is 0 Å². The van der Waals surface area contributed by atoms with Crippen molar-refractivity contribution in [1.82, 2.24) is 4.98 Å². The second kappa shape index (κ2) is 4.93. The maximum atomic E-state index is 11.8. The molecule has 0 aliphatic rings. The minimum absolute atomic E-state index is 0.0659. The zero-order valence-corrected chi connectivity index (χ0v) is 9.68. The molecule has 1 heterocycles. The van der Waals surface area contributed by atoms with E-state index in [0.717, 1.165) is 16.6 Å². The molecule has 1 atom stereocenters. The van der Waals surface area contributed by atoms with Crippen LogP contribution in [-0.4, -0.2) is 17.4 Å². The van der Waals surface area contributed by atoms with Crippen molar-refractivity contribution in [2.45, 2.75) is 6.92 Å². The predicted octanol–water partition coefficient (Wildman–Crippen LogP) is 1.77. The number of hydrogen-bond donors (Lipinski definition) is 2. The molecule has 2 rings (SSSR count). The van der Waals surface area contributed by atoms with Gasteiger partial charge in [0.2, 0.25) is 5.91 Å². The number of rotatable bonds is 3. The highest BCUT2D eigenvalue weighted by Gasteiger charge is 2.12. The van der Waals surface area contributed by atoms with Crippen LogP contribution in [0.2, 0.25) is 0 Å². The van der Waals surface area contributed by atoms with Gasteiger partial charge in [-0.05, 0) is 24.3 Å². The van der Waals surface area contributed by atoms with Gasteiger partial charge in [0.1, 0.15) is 0 Å². The van der Waals surface area contributed by atoms with E-state index in [0.29, 0.717) is 6.54 Å². The Bertz CT molecular complexity index is 534. The van der Waals surface area contributed by atoms with Crippen LogP contribution in [0.5, 0.6) is 0 Å². The third kappa shape index (κ3) is 2.42. The first-order valence-electron chi connectivity index (χ1n) is 5.57. The summed E-state index contributed by atoms with van der Waals surface area (Å²) in [5.41, 5.74) is 7.11. The van der Waals surface area contributed by atoms with E-state index in [1.165, 1.54) is 0 Å². The van der Waals surface area contributed by atoms with Gasteiger partial charge in [-0.1, -0.05) is 13.0 Å². The van der Waals surface area contributed by atoms with E-state index in [-0.39, 0.29) is 11.8 Å². The summed E-state index contributed by atoms with van der Waals surface area (Å²) in [6.07, 6.45) is 1.73. The zero-order chi connectivity index (χ0) is 12.3. The predicted molar refractivity (Wildman–Crippen MR) is 68.6 cm³/mol. The smallest absolute Gasteiger partial charge is 0.228 e. The van der Waals surface area contributed by atoms with Gasteiger partial charge in [-0.3, -0.25) is 9.78 Å². The quantitative estimate of drug-likeness (QED) is 0.842. The molecule has 0 spiro atoms. The average Bonchev–Trinajstić information content (AvgIpc) is 2.38. The van der Waals surface area contributed by atoms with Crippen molar-refractivity contribution in [3.63, 3.8) is 0 Å². The van der Waals surface area contributed by atoms with E-state index in [4.69, 9.17) is 5.73 Å². The number of nitrogens with zero attached hydrogens (tertiary/aromatic N) is 1. The summed E-state index contributed by atoms with van der Waals surface area (Å²) >= 11 is 0. The lowest BCUT2D eigenvalue weighted by molar-refractivity contribution is -0.119. The number of carbonyl (C=O) groups excluding carboxylic acids is 1. The Kier molecular flexibility index (Phi) is 3.35. The Morgan fingerprint density at radius 3 is 3.00 bits per heavy atom. The number of benzene rings is 1. The normalized spacial score (nSPS) is 12.4. The first-order chi connectivity index (χ1) is 8.22. The molecule has 17 heavy (non-hydrogen) atoms. The Morgan fingerprint density at radius 1 is 1.41 bits per heavy atom. The SMILES string of the molecule is CC(CN)C(=O)Nc1cccc2ncccc12. The summed E-state index contributed by atoms with van der Waals surface area (Å²) in [7, 11) is 0. The lowest BCUT2D eigenvalue weighted by atomic mass is 10.1. The van der Waals surface area contributed by atoms with Gasteiger partial charge in [-0.2, -0.15) is 0 Å². The number of nitrogens with one attached hydrogen (secondary N) is 1. The lowest BCUT2D eigenvalue weighted by Gasteiger charge is -2.11. The summed E-state index contributed by atoms with van der Waals surface area (Å²) in [6.45, 7) is 2.15. The zero-order valence-electron chi connectivity index (χ0n) is 9.68. The molecular weight excluding hydrogens is 214 g/mol. The van der Waals surface area contributed by atoms with E-state index < -0.39 is 0 Å². The number of aromatic nitrogens is 1. The summed E-state index contributed by atoms with van der Waals surface area (Å²) in [5.74, 6) is -0.259. The standard InChI is InChI=1S/C13H15N3O/c1-9(8-14)13(17)16-12-6-2-5-11-10(12)4-3-7-15-11/h2-7,9H,8,14H2,1H3,(H,16,17). The summed E-state index contributed by atoms with van der Waals surface area (Å²) in [4.78, 5) is 16.0. The van der Waals surface area contributed by atoms with E-state index in [9.17, 15) is 4.79 Å². The molecule has 4 heteroatoms. The number of amides is 1. The van der Waals surface area contributed by atoms with Crippen LogP contribution in [0, 0.1) is 5.92 Å². The minimum atomic E-state index is -0.193. The number of anilines is 1. The molecule has 0 bridgehead atoms. The van der Waals surface area contributed by atoms with E-state index in [2.05, 4.69) is 10.3 Å². The summed E-state index contributed by atoms with van der Waals surface area (Å²) in [5, 5.41) is 3.81. The highest BCUT2D eigenvalue weighted by molar-refractivity contribution is 6.01. The third-order valence-corrected chi connectivity index (χ3v) is 2.70. The van der Waals surface area contributed by atoms with Gasteiger partial charge < -0.3 is 11.1 Å². The second-order valence-corrected chi connectivity index (χ2v) is 4.00. The molecule has 1 aromatic carbocycles. The highest BCUT2D eigenvalue weighted by atomic mass is 16.1. The van der Waals surface area contributed by atoms with E-state index in [1.807, 2.05) is 30.3 Å². The number of hydrogen-bond acceptors (Lipinski definition) is 3. The van der Waals surface area contributed by atoms with Crippen molar-refractivity contribution in [3.05, 3.63) is 36.5 Å². The first-order valence-corrected chi connectivity index (χ1v) is 5.57. The van der Waals surface area contributed by atoms with Crippen molar-refractivity contribution in [2.75, 3.05) is 11.9 Å². The molecule has 1 unspecified atom stereocenters. The molecule has 1 aromatic heterocycles. The summed E-state index contributed by atoms with van der Waals surface area (Å²) in [6, 6.07) is 9.44. The van der Waals surface area contributed by atoms with Crippen LogP contribution >= 0.6 is 0 Å². The van der Waals surface area contributed by atoms with Crippen molar-refractivity contribution >= 4 is 22.5 Å². The van der Waals surface area contributed by atoms with Gasteiger partial charge >= 0.3 is 0 Å². The Balaban J connectivity index is 2.33. The van der Waals surface area contributed by atoms with Gasteiger partial charge in [0, 0.05) is 24.0 Å². The lowest BCUT2D eigenvalue weighted by Crippen LogP contribution is -2.26. The van der Waals surface area contributed by atoms with Gasteiger partial charge in [0.15, 0.2) is 0 Å². The van der Waals surface area contributed by atoms with Crippen LogP contribution < -0.4 is 11.1 Å². The molecule has 3 N–H and O–H groups in total. The molecule has 4 nitrogen and oxygen atoms in total. The molecule has 1 amide bonds. The fourth-order valence-electron chi connectivity index (χ4n) is 1.58. The van der Waals surface area contributed by atoms with Gasteiger partial charge in [-0.15, -0.1) is 0 Å². The van der Waals surface area contributed by atoms with Crippen molar-refractivity contribution in [3.8, 4) is 0 Å². The fourth-order valence-corrected chi connectivity index (χ4v) is 1.58. The number of carbonyl (C=O) groups is 1. The van der Waals surface area contributed by atoms with Crippen LogP contribution in [0.4, 0.5) is 5.69 Å². The minimum Gasteiger partial charge on any atom is -0.330 e. The van der Waals surface area contributed by atoms with Gasteiger partial charge in [0.05, 0.1) is 11.2 Å². The van der Waals surface area contributed by atoms with Crippen LogP contribution in [0.15, 0.2) is 36.5 Å².